The highest BCUT2D eigenvalue weighted by Gasteiger charge is 2.39. The van der Waals surface area contributed by atoms with Crippen LogP contribution in [0.4, 0.5) is 0 Å². The zero-order valence-electron chi connectivity index (χ0n) is 16.0. The lowest BCUT2D eigenvalue weighted by Gasteiger charge is -2.26. The van der Waals surface area contributed by atoms with E-state index in [0.717, 1.165) is 16.7 Å². The van der Waals surface area contributed by atoms with Crippen molar-refractivity contribution in [2.75, 3.05) is 7.11 Å². The van der Waals surface area contributed by atoms with Gasteiger partial charge in [-0.05, 0) is 38.0 Å². The molecule has 27 heavy (non-hydrogen) atoms. The van der Waals surface area contributed by atoms with Crippen molar-refractivity contribution < 1.29 is 14.3 Å². The summed E-state index contributed by atoms with van der Waals surface area (Å²) in [6.45, 7) is 5.74. The van der Waals surface area contributed by atoms with Crippen LogP contribution in [0, 0.1) is 6.92 Å². The molecule has 1 atom stereocenters. The van der Waals surface area contributed by atoms with E-state index >= 15 is 0 Å². The van der Waals surface area contributed by atoms with Gasteiger partial charge in [-0.25, -0.2) is 4.79 Å². The monoisotopic (exact) mass is 361 g/mol. The van der Waals surface area contributed by atoms with Gasteiger partial charge in [-0.2, -0.15) is 0 Å². The van der Waals surface area contributed by atoms with Gasteiger partial charge in [-0.15, -0.1) is 0 Å². The topological polar surface area (TPSA) is 46.6 Å². The van der Waals surface area contributed by atoms with Gasteiger partial charge < -0.3 is 9.64 Å². The second-order valence-electron chi connectivity index (χ2n) is 6.69. The largest absolute Gasteiger partial charge is 0.465 e. The molecule has 1 aliphatic heterocycles. The van der Waals surface area contributed by atoms with Crippen molar-refractivity contribution in [3.8, 4) is 0 Å². The zero-order chi connectivity index (χ0) is 19.6. The van der Waals surface area contributed by atoms with Crippen molar-refractivity contribution in [3.63, 3.8) is 0 Å². The predicted octanol–water partition coefficient (Wildman–Crippen LogP) is 4.43. The number of hydrogen-bond acceptors (Lipinski definition) is 3. The summed E-state index contributed by atoms with van der Waals surface area (Å²) >= 11 is 0. The lowest BCUT2D eigenvalue weighted by Crippen LogP contribution is -2.28. The van der Waals surface area contributed by atoms with Crippen LogP contribution in [-0.4, -0.2) is 23.9 Å². The summed E-state index contributed by atoms with van der Waals surface area (Å²) in [5.74, 6) is -0.687. The van der Waals surface area contributed by atoms with Gasteiger partial charge in [-0.3, -0.25) is 4.79 Å². The number of rotatable bonds is 4. The van der Waals surface area contributed by atoms with Crippen LogP contribution in [-0.2, 0) is 14.3 Å². The molecule has 4 nitrogen and oxygen atoms in total. The number of benzene rings is 2. The van der Waals surface area contributed by atoms with E-state index in [1.807, 2.05) is 68.4 Å². The highest BCUT2D eigenvalue weighted by Crippen LogP contribution is 2.37. The maximum atomic E-state index is 13.3. The first-order valence-electron chi connectivity index (χ1n) is 8.90. The smallest absolute Gasteiger partial charge is 0.340 e. The first-order valence-corrected chi connectivity index (χ1v) is 8.90. The van der Waals surface area contributed by atoms with E-state index in [1.165, 1.54) is 7.11 Å². The molecule has 0 saturated heterocycles. The van der Waals surface area contributed by atoms with Crippen molar-refractivity contribution in [3.05, 3.63) is 88.1 Å². The number of amides is 1. The standard InChI is InChI=1S/C23H23NO3/c1-15-9-8-10-18(13-15)14-20-21(23(26)27-4)17(3)24(22(20)25)16(2)19-11-6-5-7-12-19/h5-14,16H,1-4H3/b20-14-. The Balaban J connectivity index is 2.09. The third-order valence-electron chi connectivity index (χ3n) is 4.85. The second-order valence-corrected chi connectivity index (χ2v) is 6.69. The number of carbonyl (C=O) groups is 2. The molecule has 1 aliphatic rings. The average Bonchev–Trinajstić information content (AvgIpc) is 2.91. The summed E-state index contributed by atoms with van der Waals surface area (Å²) < 4.78 is 4.96. The number of esters is 1. The zero-order valence-corrected chi connectivity index (χ0v) is 16.0. The summed E-state index contributed by atoms with van der Waals surface area (Å²) in [4.78, 5) is 27.4. The number of hydrogen-bond donors (Lipinski definition) is 0. The lowest BCUT2D eigenvalue weighted by molar-refractivity contribution is -0.136. The highest BCUT2D eigenvalue weighted by atomic mass is 16.5. The van der Waals surface area contributed by atoms with Crippen molar-refractivity contribution in [1.29, 1.82) is 0 Å². The molecular weight excluding hydrogens is 338 g/mol. The van der Waals surface area contributed by atoms with Gasteiger partial charge in [-0.1, -0.05) is 60.2 Å². The van der Waals surface area contributed by atoms with Gasteiger partial charge >= 0.3 is 5.97 Å². The fourth-order valence-corrected chi connectivity index (χ4v) is 3.47. The van der Waals surface area contributed by atoms with Crippen LogP contribution in [0.3, 0.4) is 0 Å². The first kappa shape index (κ1) is 18.6. The average molecular weight is 361 g/mol. The predicted molar refractivity (Wildman–Crippen MR) is 106 cm³/mol. The van der Waals surface area contributed by atoms with E-state index in [0.29, 0.717) is 16.8 Å². The van der Waals surface area contributed by atoms with E-state index in [1.54, 1.807) is 17.9 Å². The van der Waals surface area contributed by atoms with Gasteiger partial charge in [0.25, 0.3) is 5.91 Å². The molecule has 4 heteroatoms. The fraction of sp³-hybridized carbons (Fsp3) is 0.217. The molecular formula is C23H23NO3. The maximum Gasteiger partial charge on any atom is 0.340 e. The molecule has 0 fully saturated rings. The van der Waals surface area contributed by atoms with Crippen LogP contribution in [0.15, 0.2) is 71.4 Å². The third kappa shape index (κ3) is 3.56. The third-order valence-corrected chi connectivity index (χ3v) is 4.85. The van der Waals surface area contributed by atoms with Crippen LogP contribution in [0.5, 0.6) is 0 Å². The van der Waals surface area contributed by atoms with Crippen LogP contribution in [0.25, 0.3) is 6.08 Å². The molecule has 0 N–H and O–H groups in total. The molecule has 2 aromatic rings. The van der Waals surface area contributed by atoms with Crippen molar-refractivity contribution in [1.82, 2.24) is 4.90 Å². The van der Waals surface area contributed by atoms with Crippen LogP contribution in [0.1, 0.15) is 36.6 Å². The molecule has 1 amide bonds. The summed E-state index contributed by atoms with van der Waals surface area (Å²) in [6, 6.07) is 17.4. The highest BCUT2D eigenvalue weighted by molar-refractivity contribution is 6.16. The Morgan fingerprint density at radius 2 is 1.78 bits per heavy atom. The van der Waals surface area contributed by atoms with E-state index < -0.39 is 5.97 Å². The Morgan fingerprint density at radius 3 is 2.41 bits per heavy atom. The minimum Gasteiger partial charge on any atom is -0.465 e. The fourth-order valence-electron chi connectivity index (χ4n) is 3.47. The second kappa shape index (κ2) is 7.62. The molecule has 0 bridgehead atoms. The molecule has 3 rings (SSSR count). The Bertz CT molecular complexity index is 941. The van der Waals surface area contributed by atoms with Crippen molar-refractivity contribution in [2.45, 2.75) is 26.8 Å². The minimum atomic E-state index is -0.498. The Kier molecular flexibility index (Phi) is 5.26. The molecule has 0 radical (unpaired) electrons. The molecule has 0 aromatic heterocycles. The van der Waals surface area contributed by atoms with Gasteiger partial charge in [0.1, 0.15) is 0 Å². The summed E-state index contributed by atoms with van der Waals surface area (Å²) in [5, 5.41) is 0. The number of allylic oxidation sites excluding steroid dienone is 1. The molecule has 0 aliphatic carbocycles. The molecule has 138 valence electrons. The first-order chi connectivity index (χ1) is 12.9. The maximum absolute atomic E-state index is 13.3. The number of nitrogens with zero attached hydrogens (tertiary/aromatic N) is 1. The number of aryl methyl sites for hydroxylation is 1. The number of ether oxygens (including phenoxy) is 1. The Labute approximate surface area is 159 Å². The van der Waals surface area contributed by atoms with E-state index in [-0.39, 0.29) is 11.9 Å². The van der Waals surface area contributed by atoms with Gasteiger partial charge in [0.15, 0.2) is 0 Å². The quantitative estimate of drug-likeness (QED) is 0.598. The molecule has 0 spiro atoms. The normalized spacial score (nSPS) is 16.8. The molecule has 1 heterocycles. The number of carbonyl (C=O) groups excluding carboxylic acids is 2. The van der Waals surface area contributed by atoms with Crippen LogP contribution >= 0.6 is 0 Å². The minimum absolute atomic E-state index is 0.189. The molecule has 1 unspecified atom stereocenters. The van der Waals surface area contributed by atoms with E-state index in [9.17, 15) is 9.59 Å². The summed E-state index contributed by atoms with van der Waals surface area (Å²) in [5.41, 5.74) is 4.28. The van der Waals surface area contributed by atoms with Crippen LogP contribution < -0.4 is 0 Å². The van der Waals surface area contributed by atoms with E-state index in [4.69, 9.17) is 4.74 Å². The lowest BCUT2D eigenvalue weighted by atomic mass is 10.0. The van der Waals surface area contributed by atoms with Crippen LogP contribution in [0.2, 0.25) is 0 Å². The van der Waals surface area contributed by atoms with Gasteiger partial charge in [0.2, 0.25) is 0 Å². The SMILES string of the molecule is COC(=O)C1=C(C)N(C(C)c2ccccc2)C(=O)/C1=C\c1cccc(C)c1. The summed E-state index contributed by atoms with van der Waals surface area (Å²) in [6.07, 6.45) is 1.77. The van der Waals surface area contributed by atoms with Gasteiger partial charge in [0, 0.05) is 5.70 Å². The number of methoxy groups -OCH3 is 1. The summed E-state index contributed by atoms with van der Waals surface area (Å²) in [7, 11) is 1.33. The van der Waals surface area contributed by atoms with E-state index in [2.05, 4.69) is 0 Å². The molecule has 2 aromatic carbocycles. The van der Waals surface area contributed by atoms with Crippen molar-refractivity contribution in [2.24, 2.45) is 0 Å². The Morgan fingerprint density at radius 1 is 1.07 bits per heavy atom. The Hall–Kier alpha value is -3.14. The molecule has 0 saturated carbocycles. The van der Waals surface area contributed by atoms with Crippen molar-refractivity contribution >= 4 is 18.0 Å². The van der Waals surface area contributed by atoms with Gasteiger partial charge in [0.05, 0.1) is 24.3 Å².